The van der Waals surface area contributed by atoms with Gasteiger partial charge in [-0.05, 0) is 18.6 Å². The Labute approximate surface area is 88.1 Å². The topological polar surface area (TPSA) is 66.8 Å². The number of carboxylic acids is 1. The second kappa shape index (κ2) is 5.36. The normalized spacial score (nSPS) is 14.3. The van der Waals surface area contributed by atoms with Crippen LogP contribution in [0.5, 0.6) is 5.75 Å². The zero-order valence-corrected chi connectivity index (χ0v) is 8.46. The van der Waals surface area contributed by atoms with Crippen molar-refractivity contribution in [3.63, 3.8) is 0 Å². The highest BCUT2D eigenvalue weighted by molar-refractivity contribution is 5.73. The van der Waals surface area contributed by atoms with Crippen LogP contribution in [0.25, 0.3) is 0 Å². The lowest BCUT2D eigenvalue weighted by atomic mass is 10.1. The molecule has 1 rings (SSSR count). The van der Waals surface area contributed by atoms with Gasteiger partial charge in [0.25, 0.3) is 0 Å². The third-order valence-electron chi connectivity index (χ3n) is 2.02. The van der Waals surface area contributed by atoms with Gasteiger partial charge in [0, 0.05) is 0 Å². The van der Waals surface area contributed by atoms with Crippen LogP contribution in [0.1, 0.15) is 13.3 Å². The van der Waals surface area contributed by atoms with Crippen molar-refractivity contribution in [3.8, 4) is 5.75 Å². The quantitative estimate of drug-likeness (QED) is 0.768. The number of carboxylic acid groups (broad SMARTS) is 1. The van der Waals surface area contributed by atoms with Gasteiger partial charge in [-0.3, -0.25) is 0 Å². The van der Waals surface area contributed by atoms with E-state index in [1.54, 1.807) is 37.3 Å². The Morgan fingerprint density at radius 3 is 2.47 bits per heavy atom. The lowest BCUT2D eigenvalue weighted by molar-refractivity contribution is -0.150. The molecule has 0 aromatic heterocycles. The Morgan fingerprint density at radius 2 is 2.00 bits per heavy atom. The van der Waals surface area contributed by atoms with Gasteiger partial charge < -0.3 is 14.9 Å². The summed E-state index contributed by atoms with van der Waals surface area (Å²) in [5.41, 5.74) is 0. The molecule has 0 saturated carbocycles. The molecule has 2 N–H and O–H groups in total. The van der Waals surface area contributed by atoms with E-state index in [-0.39, 0.29) is 0 Å². The van der Waals surface area contributed by atoms with E-state index in [0.717, 1.165) is 0 Å². The average Bonchev–Trinajstić information content (AvgIpc) is 2.26. The van der Waals surface area contributed by atoms with Crippen LogP contribution in [0, 0.1) is 0 Å². The molecule has 0 heterocycles. The summed E-state index contributed by atoms with van der Waals surface area (Å²) in [6.45, 7) is 1.70. The van der Waals surface area contributed by atoms with Crippen molar-refractivity contribution in [1.82, 2.24) is 0 Å². The van der Waals surface area contributed by atoms with Crippen molar-refractivity contribution in [1.29, 1.82) is 0 Å². The van der Waals surface area contributed by atoms with Crippen LogP contribution in [-0.2, 0) is 4.79 Å². The van der Waals surface area contributed by atoms with Gasteiger partial charge in [-0.25, -0.2) is 4.79 Å². The van der Waals surface area contributed by atoms with Crippen LogP contribution in [0.4, 0.5) is 0 Å². The van der Waals surface area contributed by atoms with Crippen LogP contribution < -0.4 is 4.74 Å². The van der Waals surface area contributed by atoms with Gasteiger partial charge in [0.2, 0.25) is 6.10 Å². The maximum Gasteiger partial charge on any atom is 0.347 e. The number of aliphatic carboxylic acids is 1. The molecular weight excluding hydrogens is 196 g/mol. The monoisotopic (exact) mass is 210 g/mol. The molecule has 0 aliphatic heterocycles. The van der Waals surface area contributed by atoms with Gasteiger partial charge in [-0.2, -0.15) is 0 Å². The summed E-state index contributed by atoms with van der Waals surface area (Å²) in [5, 5.41) is 18.3. The molecule has 4 nitrogen and oxygen atoms in total. The molecule has 2 atom stereocenters. The predicted molar refractivity (Wildman–Crippen MR) is 54.8 cm³/mol. The summed E-state index contributed by atoms with van der Waals surface area (Å²) in [6.07, 6.45) is -1.87. The van der Waals surface area contributed by atoms with E-state index in [4.69, 9.17) is 9.84 Å². The fourth-order valence-electron chi connectivity index (χ4n) is 1.15. The van der Waals surface area contributed by atoms with E-state index in [9.17, 15) is 9.90 Å². The molecule has 0 amide bonds. The number of ether oxygens (including phenoxy) is 1. The molecule has 0 aliphatic carbocycles. The van der Waals surface area contributed by atoms with Gasteiger partial charge in [-0.15, -0.1) is 0 Å². The number of hydrogen-bond acceptors (Lipinski definition) is 3. The molecule has 1 aromatic carbocycles. The number of carbonyl (C=O) groups is 1. The summed E-state index contributed by atoms with van der Waals surface area (Å²) in [6, 6.07) is 8.59. The summed E-state index contributed by atoms with van der Waals surface area (Å²) in [7, 11) is 0. The summed E-state index contributed by atoms with van der Waals surface area (Å²) < 4.78 is 5.18. The van der Waals surface area contributed by atoms with E-state index in [1.165, 1.54) is 0 Å². The number of aliphatic hydroxyl groups excluding tert-OH is 1. The predicted octanol–water partition coefficient (Wildman–Crippen LogP) is 1.29. The first-order valence-corrected chi connectivity index (χ1v) is 4.77. The molecule has 0 saturated heterocycles. The SMILES string of the molecule is CCC(O)[C@@H](Oc1ccccc1)C(=O)O. The van der Waals surface area contributed by atoms with Gasteiger partial charge in [-0.1, -0.05) is 25.1 Å². The third-order valence-corrected chi connectivity index (χ3v) is 2.02. The van der Waals surface area contributed by atoms with Gasteiger partial charge in [0.15, 0.2) is 0 Å². The first-order chi connectivity index (χ1) is 7.15. The van der Waals surface area contributed by atoms with Gasteiger partial charge >= 0.3 is 5.97 Å². The third kappa shape index (κ3) is 3.25. The van der Waals surface area contributed by atoms with E-state index in [1.807, 2.05) is 0 Å². The van der Waals surface area contributed by atoms with Gasteiger partial charge in [0.1, 0.15) is 11.9 Å². The second-order valence-corrected chi connectivity index (χ2v) is 3.17. The lowest BCUT2D eigenvalue weighted by Crippen LogP contribution is -2.38. The van der Waals surface area contributed by atoms with Crippen LogP contribution in [0.15, 0.2) is 30.3 Å². The highest BCUT2D eigenvalue weighted by atomic mass is 16.5. The molecule has 82 valence electrons. The second-order valence-electron chi connectivity index (χ2n) is 3.17. The highest BCUT2D eigenvalue weighted by Crippen LogP contribution is 2.13. The molecular formula is C11H14O4. The molecule has 1 aromatic rings. The number of para-hydroxylation sites is 1. The van der Waals surface area contributed by atoms with Crippen LogP contribution >= 0.6 is 0 Å². The van der Waals surface area contributed by atoms with Crippen molar-refractivity contribution >= 4 is 5.97 Å². The minimum Gasteiger partial charge on any atom is -0.478 e. The fraction of sp³-hybridized carbons (Fsp3) is 0.364. The Bertz CT molecular complexity index is 310. The minimum atomic E-state index is -1.21. The molecule has 4 heteroatoms. The number of aliphatic hydroxyl groups is 1. The Morgan fingerprint density at radius 1 is 1.40 bits per heavy atom. The summed E-state index contributed by atoms with van der Waals surface area (Å²) >= 11 is 0. The highest BCUT2D eigenvalue weighted by Gasteiger charge is 2.27. The zero-order chi connectivity index (χ0) is 11.3. The minimum absolute atomic E-state index is 0.337. The Hall–Kier alpha value is -1.55. The van der Waals surface area contributed by atoms with E-state index < -0.39 is 18.2 Å². The lowest BCUT2D eigenvalue weighted by Gasteiger charge is -2.19. The van der Waals surface area contributed by atoms with Crippen LogP contribution in [0.2, 0.25) is 0 Å². The molecule has 15 heavy (non-hydrogen) atoms. The average molecular weight is 210 g/mol. The summed E-state index contributed by atoms with van der Waals surface area (Å²) in [4.78, 5) is 10.8. The van der Waals surface area contributed by atoms with Crippen molar-refractivity contribution in [3.05, 3.63) is 30.3 Å². The number of benzene rings is 1. The maximum absolute atomic E-state index is 10.8. The van der Waals surface area contributed by atoms with E-state index >= 15 is 0 Å². The molecule has 0 bridgehead atoms. The van der Waals surface area contributed by atoms with E-state index in [0.29, 0.717) is 12.2 Å². The van der Waals surface area contributed by atoms with Crippen LogP contribution in [-0.4, -0.2) is 28.4 Å². The van der Waals surface area contributed by atoms with Crippen molar-refractivity contribution in [2.45, 2.75) is 25.6 Å². The summed E-state index contributed by atoms with van der Waals surface area (Å²) in [5.74, 6) is -0.717. The smallest absolute Gasteiger partial charge is 0.347 e. The first-order valence-electron chi connectivity index (χ1n) is 4.77. The Balaban J connectivity index is 2.71. The first kappa shape index (κ1) is 11.5. The van der Waals surface area contributed by atoms with Crippen molar-refractivity contribution in [2.24, 2.45) is 0 Å². The molecule has 0 fully saturated rings. The van der Waals surface area contributed by atoms with Crippen molar-refractivity contribution < 1.29 is 19.7 Å². The molecule has 1 unspecified atom stereocenters. The Kier molecular flexibility index (Phi) is 4.12. The molecule has 0 aliphatic rings. The number of rotatable bonds is 5. The zero-order valence-electron chi connectivity index (χ0n) is 8.46. The van der Waals surface area contributed by atoms with Crippen molar-refractivity contribution in [2.75, 3.05) is 0 Å². The van der Waals surface area contributed by atoms with Gasteiger partial charge in [0.05, 0.1) is 0 Å². The maximum atomic E-state index is 10.8. The molecule has 0 radical (unpaired) electrons. The fourth-order valence-corrected chi connectivity index (χ4v) is 1.15. The van der Waals surface area contributed by atoms with E-state index in [2.05, 4.69) is 0 Å². The van der Waals surface area contributed by atoms with Crippen LogP contribution in [0.3, 0.4) is 0 Å². The molecule has 0 spiro atoms. The number of hydrogen-bond donors (Lipinski definition) is 2. The largest absolute Gasteiger partial charge is 0.478 e. The standard InChI is InChI=1S/C11H14O4/c1-2-9(12)10(11(13)14)15-8-6-4-3-5-7-8/h3-7,9-10,12H,2H2,1H3,(H,13,14)/t9?,10-/m1/s1.